The number of rotatable bonds is 3. The van der Waals surface area contributed by atoms with Crippen LogP contribution in [-0.2, 0) is 14.7 Å². The maximum atomic E-state index is 11.5. The van der Waals surface area contributed by atoms with E-state index in [1.165, 1.54) is 11.6 Å². The summed E-state index contributed by atoms with van der Waals surface area (Å²) in [5, 5.41) is 11.5. The Morgan fingerprint density at radius 1 is 1.11 bits per heavy atom. The largest absolute Gasteiger partial charge is 0.494 e. The first-order valence-electron chi connectivity index (χ1n) is 9.20. The molecule has 2 aromatic carbocycles. The minimum Gasteiger partial charge on any atom is -0.407 e. The van der Waals surface area contributed by atoms with E-state index in [9.17, 15) is 10.1 Å². The molecule has 142 valence electrons. The highest BCUT2D eigenvalue weighted by Gasteiger charge is 2.44. The van der Waals surface area contributed by atoms with Gasteiger partial charge in [-0.3, -0.25) is 10.1 Å². The molecule has 2 aromatic rings. The molecule has 0 bridgehead atoms. The van der Waals surface area contributed by atoms with Crippen LogP contribution in [0.1, 0.15) is 51.8 Å². The van der Waals surface area contributed by atoms with Gasteiger partial charge in [0, 0.05) is 18.1 Å². The van der Waals surface area contributed by atoms with Gasteiger partial charge in [-0.2, -0.15) is 0 Å². The molecule has 1 saturated heterocycles. The number of benzene rings is 2. The molecule has 0 saturated carbocycles. The second-order valence-corrected chi connectivity index (χ2v) is 8.84. The normalized spacial score (nSPS) is 19.7. The van der Waals surface area contributed by atoms with Crippen LogP contribution in [0, 0.1) is 15.5 Å². The second-order valence-electron chi connectivity index (χ2n) is 8.84. The van der Waals surface area contributed by atoms with Crippen LogP contribution in [0.2, 0.25) is 0 Å². The van der Waals surface area contributed by atoms with Crippen molar-refractivity contribution < 1.29 is 14.2 Å². The fraction of sp³-hybridized carbons (Fsp3) is 0.429. The van der Waals surface area contributed by atoms with Gasteiger partial charge in [-0.25, -0.2) is 0 Å². The third kappa shape index (κ3) is 4.07. The molecule has 1 atom stereocenters. The third-order valence-corrected chi connectivity index (χ3v) is 5.04. The summed E-state index contributed by atoms with van der Waals surface area (Å²) in [6.45, 7) is 11.0. The highest BCUT2D eigenvalue weighted by molar-refractivity contribution is 6.61. The van der Waals surface area contributed by atoms with E-state index in [1.807, 2.05) is 32.0 Å². The second kappa shape index (κ2) is 7.10. The lowest BCUT2D eigenvalue weighted by Crippen LogP contribution is -2.49. The van der Waals surface area contributed by atoms with E-state index in [0.29, 0.717) is 12.2 Å². The van der Waals surface area contributed by atoms with Gasteiger partial charge >= 0.3 is 7.12 Å². The van der Waals surface area contributed by atoms with Gasteiger partial charge in [0.2, 0.25) is 0 Å². The number of nitrogens with zero attached hydrogens (tertiary/aromatic N) is 1. The summed E-state index contributed by atoms with van der Waals surface area (Å²) < 4.78 is 12.2. The molecular weight excluding hydrogens is 341 g/mol. The molecule has 0 aromatic heterocycles. The van der Waals surface area contributed by atoms with Crippen molar-refractivity contribution in [3.63, 3.8) is 0 Å². The van der Waals surface area contributed by atoms with Crippen LogP contribution in [-0.4, -0.2) is 18.6 Å². The van der Waals surface area contributed by atoms with E-state index >= 15 is 0 Å². The molecule has 27 heavy (non-hydrogen) atoms. The highest BCUT2D eigenvalue weighted by atomic mass is 16.6. The SMILES string of the molecule is CC(C)(C)c1ccc(B2OCC(C)(C)C(c3ccccc3[N+](=O)[O-])O2)cc1. The molecule has 0 radical (unpaired) electrons. The van der Waals surface area contributed by atoms with E-state index in [2.05, 4.69) is 32.9 Å². The Morgan fingerprint density at radius 2 is 1.74 bits per heavy atom. The fourth-order valence-electron chi connectivity index (χ4n) is 3.40. The molecular formula is C21H26BNO4. The summed E-state index contributed by atoms with van der Waals surface area (Å²) in [4.78, 5) is 11.1. The van der Waals surface area contributed by atoms with E-state index in [0.717, 1.165) is 5.46 Å². The number of hydrogen-bond donors (Lipinski definition) is 0. The number of nitro benzene ring substituents is 1. The van der Waals surface area contributed by atoms with Crippen molar-refractivity contribution in [3.05, 3.63) is 69.8 Å². The molecule has 0 aliphatic carbocycles. The maximum absolute atomic E-state index is 11.5. The summed E-state index contributed by atoms with van der Waals surface area (Å²) in [7, 11) is -0.545. The van der Waals surface area contributed by atoms with Crippen molar-refractivity contribution in [3.8, 4) is 0 Å². The zero-order valence-corrected chi connectivity index (χ0v) is 16.6. The van der Waals surface area contributed by atoms with Crippen LogP contribution in [0.5, 0.6) is 0 Å². The van der Waals surface area contributed by atoms with Crippen molar-refractivity contribution in [2.45, 2.75) is 46.1 Å². The Kier molecular flexibility index (Phi) is 5.15. The molecule has 0 spiro atoms. The molecule has 1 unspecified atom stereocenters. The molecule has 3 rings (SSSR count). The van der Waals surface area contributed by atoms with Crippen LogP contribution in [0.25, 0.3) is 0 Å². The topological polar surface area (TPSA) is 61.6 Å². The summed E-state index contributed by atoms with van der Waals surface area (Å²) in [5.74, 6) is 0. The molecule has 1 heterocycles. The molecule has 0 N–H and O–H groups in total. The van der Waals surface area contributed by atoms with Gasteiger partial charge in [0.25, 0.3) is 5.69 Å². The van der Waals surface area contributed by atoms with Crippen molar-refractivity contribution in [1.29, 1.82) is 0 Å². The third-order valence-electron chi connectivity index (χ3n) is 5.04. The summed E-state index contributed by atoms with van der Waals surface area (Å²) >= 11 is 0. The Bertz CT molecular complexity index is 827. The van der Waals surface area contributed by atoms with Gasteiger partial charge < -0.3 is 9.31 Å². The van der Waals surface area contributed by atoms with Gasteiger partial charge in [-0.1, -0.05) is 71.0 Å². The quantitative estimate of drug-likeness (QED) is 0.458. The van der Waals surface area contributed by atoms with Crippen LogP contribution >= 0.6 is 0 Å². The van der Waals surface area contributed by atoms with E-state index in [1.54, 1.807) is 12.1 Å². The first-order chi connectivity index (χ1) is 12.6. The molecule has 1 aliphatic rings. The Morgan fingerprint density at radius 3 is 2.33 bits per heavy atom. The monoisotopic (exact) mass is 367 g/mol. The van der Waals surface area contributed by atoms with Crippen LogP contribution in [0.15, 0.2) is 48.5 Å². The molecule has 1 fully saturated rings. The smallest absolute Gasteiger partial charge is 0.407 e. The first-order valence-corrected chi connectivity index (χ1v) is 9.20. The predicted molar refractivity (Wildman–Crippen MR) is 107 cm³/mol. The lowest BCUT2D eigenvalue weighted by Gasteiger charge is -2.41. The molecule has 6 heteroatoms. The minimum atomic E-state index is -0.545. The number of hydrogen-bond acceptors (Lipinski definition) is 4. The lowest BCUT2D eigenvalue weighted by molar-refractivity contribution is -0.386. The average Bonchev–Trinajstić information content (AvgIpc) is 2.61. The first kappa shape index (κ1) is 19.6. The van der Waals surface area contributed by atoms with E-state index in [-0.39, 0.29) is 21.4 Å². The van der Waals surface area contributed by atoms with Gasteiger partial charge in [0.05, 0.1) is 16.6 Å². The fourth-order valence-corrected chi connectivity index (χ4v) is 3.40. The maximum Gasteiger partial charge on any atom is 0.494 e. The van der Waals surface area contributed by atoms with Crippen LogP contribution in [0.4, 0.5) is 5.69 Å². The average molecular weight is 367 g/mol. The molecule has 0 amide bonds. The zero-order valence-electron chi connectivity index (χ0n) is 16.6. The molecule has 1 aliphatic heterocycles. The van der Waals surface area contributed by atoms with Crippen molar-refractivity contribution >= 4 is 18.3 Å². The van der Waals surface area contributed by atoms with Crippen LogP contribution in [0.3, 0.4) is 0 Å². The van der Waals surface area contributed by atoms with Crippen molar-refractivity contribution in [1.82, 2.24) is 0 Å². The summed E-state index contributed by atoms with van der Waals surface area (Å²) in [6, 6.07) is 15.0. The van der Waals surface area contributed by atoms with Crippen molar-refractivity contribution in [2.24, 2.45) is 5.41 Å². The van der Waals surface area contributed by atoms with Gasteiger partial charge in [-0.05, 0) is 22.5 Å². The molecule has 5 nitrogen and oxygen atoms in total. The minimum absolute atomic E-state index is 0.0714. The number of nitro groups is 1. The zero-order chi connectivity index (χ0) is 19.8. The van der Waals surface area contributed by atoms with Gasteiger partial charge in [0.15, 0.2) is 0 Å². The standard InChI is InChI=1S/C21H26BNO4/c1-20(2,3)15-10-12-16(13-11-15)22-26-14-21(4,5)19(27-22)17-8-6-7-9-18(17)23(24)25/h6-13,19H,14H2,1-5H3. The number of para-hydroxylation sites is 1. The van der Waals surface area contributed by atoms with Gasteiger partial charge in [-0.15, -0.1) is 0 Å². The Labute approximate surface area is 161 Å². The lowest BCUT2D eigenvalue weighted by atomic mass is 9.71. The summed E-state index contributed by atoms with van der Waals surface area (Å²) in [5.41, 5.74) is 2.52. The van der Waals surface area contributed by atoms with E-state index < -0.39 is 13.2 Å². The highest BCUT2D eigenvalue weighted by Crippen LogP contribution is 2.43. The van der Waals surface area contributed by atoms with Crippen LogP contribution < -0.4 is 5.46 Å². The van der Waals surface area contributed by atoms with E-state index in [4.69, 9.17) is 9.31 Å². The predicted octanol–water partition coefficient (Wildman–Crippen LogP) is 4.40. The van der Waals surface area contributed by atoms with Gasteiger partial charge in [0.1, 0.15) is 0 Å². The Balaban J connectivity index is 1.91. The Hall–Kier alpha value is -2.18. The van der Waals surface area contributed by atoms with Crippen molar-refractivity contribution in [2.75, 3.05) is 6.61 Å². The summed E-state index contributed by atoms with van der Waals surface area (Å²) in [6.07, 6.45) is -0.430.